The Morgan fingerprint density at radius 2 is 1.86 bits per heavy atom. The second kappa shape index (κ2) is 7.33. The van der Waals surface area contributed by atoms with Crippen LogP contribution >= 0.6 is 0 Å². The average molecular weight is 313 g/mol. The third kappa shape index (κ3) is 5.79. The molecule has 0 saturated heterocycles. The van der Waals surface area contributed by atoms with E-state index in [9.17, 15) is 18.4 Å². The van der Waals surface area contributed by atoms with E-state index in [2.05, 4.69) is 5.32 Å². The van der Waals surface area contributed by atoms with Crippen LogP contribution in [-0.2, 0) is 4.74 Å². The summed E-state index contributed by atoms with van der Waals surface area (Å²) in [4.78, 5) is 23.8. The fourth-order valence-corrected chi connectivity index (χ4v) is 1.78. The highest BCUT2D eigenvalue weighted by Crippen LogP contribution is 2.13. The van der Waals surface area contributed by atoms with E-state index in [1.165, 1.54) is 6.07 Å². The van der Waals surface area contributed by atoms with E-state index < -0.39 is 29.4 Å². The van der Waals surface area contributed by atoms with E-state index in [1.54, 1.807) is 27.7 Å². The number of ether oxygens (including phenoxy) is 1. The highest BCUT2D eigenvalue weighted by atomic mass is 19.2. The maximum absolute atomic E-state index is 13.1. The Kier molecular flexibility index (Phi) is 6.02. The molecule has 0 heterocycles. The molecule has 4 nitrogen and oxygen atoms in total. The maximum atomic E-state index is 13.1. The molecule has 6 heteroatoms. The van der Waals surface area contributed by atoms with E-state index in [-0.39, 0.29) is 17.8 Å². The van der Waals surface area contributed by atoms with Crippen molar-refractivity contribution < 1.29 is 23.1 Å². The van der Waals surface area contributed by atoms with Crippen LogP contribution in [-0.4, -0.2) is 23.5 Å². The van der Waals surface area contributed by atoms with E-state index in [1.807, 2.05) is 0 Å². The number of carbonyl (C=O) groups excluding carboxylic acids is 2. The Balaban J connectivity index is 2.67. The highest BCUT2D eigenvalue weighted by Gasteiger charge is 2.21. The minimum Gasteiger partial charge on any atom is -0.444 e. The first-order chi connectivity index (χ1) is 10.1. The van der Waals surface area contributed by atoms with Crippen LogP contribution in [0.5, 0.6) is 0 Å². The summed E-state index contributed by atoms with van der Waals surface area (Å²) >= 11 is 0. The minimum atomic E-state index is -1.07. The number of alkyl carbamates (subject to hydrolysis) is 1. The van der Waals surface area contributed by atoms with E-state index in [4.69, 9.17) is 4.74 Å². The average Bonchev–Trinajstić information content (AvgIpc) is 2.38. The first kappa shape index (κ1) is 18.1. The Morgan fingerprint density at radius 1 is 1.23 bits per heavy atom. The molecule has 22 heavy (non-hydrogen) atoms. The second-order valence-corrected chi connectivity index (χ2v) is 6.01. The van der Waals surface area contributed by atoms with E-state index >= 15 is 0 Å². The van der Waals surface area contributed by atoms with Gasteiger partial charge in [0.1, 0.15) is 5.60 Å². The van der Waals surface area contributed by atoms with Crippen molar-refractivity contribution in [3.8, 4) is 0 Å². The third-order valence-electron chi connectivity index (χ3n) is 2.89. The molecule has 0 bridgehead atoms. The molecular weight excluding hydrogens is 292 g/mol. The van der Waals surface area contributed by atoms with Crippen molar-refractivity contribution in [1.82, 2.24) is 5.32 Å². The number of amides is 1. The lowest BCUT2D eigenvalue weighted by Crippen LogP contribution is -2.39. The van der Waals surface area contributed by atoms with Gasteiger partial charge in [-0.3, -0.25) is 4.79 Å². The summed E-state index contributed by atoms with van der Waals surface area (Å²) < 4.78 is 31.1. The minimum absolute atomic E-state index is 0.0131. The molecule has 0 saturated carbocycles. The van der Waals surface area contributed by atoms with Crippen molar-refractivity contribution in [2.45, 2.75) is 52.2 Å². The molecule has 0 aliphatic rings. The third-order valence-corrected chi connectivity index (χ3v) is 2.89. The zero-order valence-electron chi connectivity index (χ0n) is 13.2. The van der Waals surface area contributed by atoms with Crippen LogP contribution < -0.4 is 5.32 Å². The summed E-state index contributed by atoms with van der Waals surface area (Å²) in [7, 11) is 0. The molecule has 1 amide bonds. The number of Topliss-reactive ketones (excluding diaryl/α,β-unsaturated/α-hetero) is 1. The Bertz CT molecular complexity index is 553. The fourth-order valence-electron chi connectivity index (χ4n) is 1.78. The van der Waals surface area contributed by atoms with Gasteiger partial charge in [-0.25, -0.2) is 13.6 Å². The summed E-state index contributed by atoms with van der Waals surface area (Å²) in [6.45, 7) is 7.01. The number of halogens is 2. The molecule has 1 N–H and O–H groups in total. The first-order valence-electron chi connectivity index (χ1n) is 7.10. The quantitative estimate of drug-likeness (QED) is 0.840. The monoisotopic (exact) mass is 313 g/mol. The van der Waals surface area contributed by atoms with Crippen molar-refractivity contribution in [3.05, 3.63) is 35.4 Å². The molecule has 0 aliphatic heterocycles. The van der Waals surface area contributed by atoms with Crippen LogP contribution in [0.2, 0.25) is 0 Å². The highest BCUT2D eigenvalue weighted by molar-refractivity contribution is 5.96. The first-order valence-corrected chi connectivity index (χ1v) is 7.10. The molecule has 0 spiro atoms. The molecule has 1 atom stereocenters. The van der Waals surface area contributed by atoms with Gasteiger partial charge in [0, 0.05) is 18.0 Å². The van der Waals surface area contributed by atoms with Gasteiger partial charge in [-0.15, -0.1) is 0 Å². The van der Waals surface area contributed by atoms with Crippen LogP contribution in [0, 0.1) is 11.6 Å². The Labute approximate surface area is 128 Å². The molecule has 122 valence electrons. The molecule has 1 aromatic carbocycles. The van der Waals surface area contributed by atoms with Gasteiger partial charge < -0.3 is 10.1 Å². The molecular formula is C16H21F2NO3. The van der Waals surface area contributed by atoms with Crippen molar-refractivity contribution in [2.24, 2.45) is 0 Å². The van der Waals surface area contributed by atoms with Gasteiger partial charge in [0.25, 0.3) is 0 Å². The number of hydrogen-bond donors (Lipinski definition) is 1. The number of ketones is 1. The van der Waals surface area contributed by atoms with E-state index in [0.717, 1.165) is 12.1 Å². The van der Waals surface area contributed by atoms with Crippen molar-refractivity contribution in [2.75, 3.05) is 0 Å². The number of benzene rings is 1. The van der Waals surface area contributed by atoms with Crippen LogP contribution in [0.3, 0.4) is 0 Å². The normalized spacial score (nSPS) is 12.6. The smallest absolute Gasteiger partial charge is 0.407 e. The van der Waals surface area contributed by atoms with Crippen LogP contribution in [0.4, 0.5) is 13.6 Å². The van der Waals surface area contributed by atoms with Gasteiger partial charge in [0.2, 0.25) is 0 Å². The summed E-state index contributed by atoms with van der Waals surface area (Å²) in [6.07, 6.45) is -0.118. The van der Waals surface area contributed by atoms with Crippen LogP contribution in [0.25, 0.3) is 0 Å². The number of carbonyl (C=O) groups is 2. The van der Waals surface area contributed by atoms with Gasteiger partial charge in [0.15, 0.2) is 17.4 Å². The van der Waals surface area contributed by atoms with Crippen LogP contribution in [0.1, 0.15) is 50.9 Å². The zero-order valence-corrected chi connectivity index (χ0v) is 13.2. The number of nitrogens with one attached hydrogen (secondary N) is 1. The fraction of sp³-hybridized carbons (Fsp3) is 0.500. The Hall–Kier alpha value is -1.98. The summed E-state index contributed by atoms with van der Waals surface area (Å²) in [6, 6.07) is 2.55. The lowest BCUT2D eigenvalue weighted by Gasteiger charge is -2.22. The van der Waals surface area contributed by atoms with Crippen molar-refractivity contribution in [1.29, 1.82) is 0 Å². The number of rotatable bonds is 5. The van der Waals surface area contributed by atoms with Gasteiger partial charge in [0.05, 0.1) is 0 Å². The van der Waals surface area contributed by atoms with Crippen molar-refractivity contribution >= 4 is 11.9 Å². The summed E-state index contributed by atoms with van der Waals surface area (Å²) in [5.41, 5.74) is -0.560. The van der Waals surface area contributed by atoms with Crippen molar-refractivity contribution in [3.63, 3.8) is 0 Å². The molecule has 0 fully saturated rings. The summed E-state index contributed by atoms with van der Waals surface area (Å²) in [5, 5.41) is 2.60. The van der Waals surface area contributed by atoms with Gasteiger partial charge in [-0.1, -0.05) is 6.92 Å². The van der Waals surface area contributed by atoms with Gasteiger partial charge >= 0.3 is 6.09 Å². The summed E-state index contributed by atoms with van der Waals surface area (Å²) in [5.74, 6) is -2.45. The molecule has 0 aromatic heterocycles. The topological polar surface area (TPSA) is 55.4 Å². The Morgan fingerprint density at radius 3 is 2.36 bits per heavy atom. The molecule has 1 unspecified atom stereocenters. The predicted molar refractivity (Wildman–Crippen MR) is 78.8 cm³/mol. The molecule has 1 aromatic rings. The van der Waals surface area contributed by atoms with E-state index in [0.29, 0.717) is 6.42 Å². The molecule has 1 rings (SSSR count). The van der Waals surface area contributed by atoms with Gasteiger partial charge in [-0.05, 0) is 45.4 Å². The van der Waals surface area contributed by atoms with Crippen LogP contribution in [0.15, 0.2) is 18.2 Å². The number of hydrogen-bond acceptors (Lipinski definition) is 3. The second-order valence-electron chi connectivity index (χ2n) is 6.01. The zero-order chi connectivity index (χ0) is 16.9. The standard InChI is InChI=1S/C16H21F2NO3/c1-5-11(19-15(21)22-16(2,3)4)9-14(20)10-6-7-12(17)13(18)8-10/h6-8,11H,5,9H2,1-4H3,(H,19,21). The molecule has 0 radical (unpaired) electrons. The lowest BCUT2D eigenvalue weighted by atomic mass is 10.0. The SMILES string of the molecule is CCC(CC(=O)c1ccc(F)c(F)c1)NC(=O)OC(C)(C)C. The maximum Gasteiger partial charge on any atom is 0.407 e. The van der Waals surface area contributed by atoms with Gasteiger partial charge in [-0.2, -0.15) is 0 Å². The largest absolute Gasteiger partial charge is 0.444 e. The predicted octanol–water partition coefficient (Wildman–Crippen LogP) is 3.84. The molecule has 0 aliphatic carbocycles. The lowest BCUT2D eigenvalue weighted by molar-refractivity contribution is 0.0500.